The van der Waals surface area contributed by atoms with E-state index in [0.29, 0.717) is 11.3 Å². The van der Waals surface area contributed by atoms with Crippen LogP contribution in [0.15, 0.2) is 24.5 Å². The number of amides is 1. The van der Waals surface area contributed by atoms with Crippen LogP contribution in [0.2, 0.25) is 0 Å². The average Bonchev–Trinajstić information content (AvgIpc) is 2.76. The van der Waals surface area contributed by atoms with Crippen molar-refractivity contribution in [2.24, 2.45) is 0 Å². The summed E-state index contributed by atoms with van der Waals surface area (Å²) in [6, 6.07) is 2.86. The maximum absolute atomic E-state index is 11.9. The quantitative estimate of drug-likeness (QED) is 0.750. The summed E-state index contributed by atoms with van der Waals surface area (Å²) in [4.78, 5) is 26.6. The molecular formula is C11H10N4O3. The van der Waals surface area contributed by atoms with Crippen molar-refractivity contribution in [3.63, 3.8) is 0 Å². The van der Waals surface area contributed by atoms with Crippen LogP contribution in [0.1, 0.15) is 26.4 Å². The lowest BCUT2D eigenvalue weighted by Crippen LogP contribution is -2.16. The van der Waals surface area contributed by atoms with E-state index in [0.717, 1.165) is 0 Å². The Morgan fingerprint density at radius 1 is 1.39 bits per heavy atom. The molecule has 0 aliphatic heterocycles. The molecule has 0 unspecified atom stereocenters. The molecule has 2 aromatic heterocycles. The van der Waals surface area contributed by atoms with Gasteiger partial charge in [-0.25, -0.2) is 9.78 Å². The molecule has 92 valence electrons. The molecule has 7 heteroatoms. The number of aromatic amines is 1. The van der Waals surface area contributed by atoms with E-state index in [1.807, 2.05) is 0 Å². The summed E-state index contributed by atoms with van der Waals surface area (Å²) >= 11 is 0. The zero-order chi connectivity index (χ0) is 13.1. The Morgan fingerprint density at radius 3 is 2.78 bits per heavy atom. The first-order valence-corrected chi connectivity index (χ1v) is 5.09. The van der Waals surface area contributed by atoms with Crippen LogP contribution >= 0.6 is 0 Å². The molecule has 0 spiro atoms. The summed E-state index contributed by atoms with van der Waals surface area (Å²) in [6.07, 6.45) is 2.78. The third kappa shape index (κ3) is 2.19. The predicted octanol–water partition coefficient (Wildman–Crippen LogP) is 1.06. The molecule has 0 aromatic carbocycles. The molecule has 0 aliphatic rings. The smallest absolute Gasteiger partial charge is 0.339 e. The number of nitrogens with zero attached hydrogens (tertiary/aromatic N) is 2. The van der Waals surface area contributed by atoms with Crippen LogP contribution in [0, 0.1) is 6.92 Å². The second-order valence-corrected chi connectivity index (χ2v) is 3.57. The van der Waals surface area contributed by atoms with Gasteiger partial charge in [-0.15, -0.1) is 0 Å². The van der Waals surface area contributed by atoms with Crippen molar-refractivity contribution in [2.45, 2.75) is 6.92 Å². The molecule has 0 saturated carbocycles. The van der Waals surface area contributed by atoms with Gasteiger partial charge >= 0.3 is 5.97 Å². The topological polar surface area (TPSA) is 108 Å². The third-order valence-corrected chi connectivity index (χ3v) is 2.34. The highest BCUT2D eigenvalue weighted by Gasteiger charge is 2.16. The van der Waals surface area contributed by atoms with E-state index in [2.05, 4.69) is 20.5 Å². The van der Waals surface area contributed by atoms with Crippen molar-refractivity contribution >= 4 is 17.7 Å². The van der Waals surface area contributed by atoms with Gasteiger partial charge in [0.2, 0.25) is 0 Å². The molecule has 0 bridgehead atoms. The Hall–Kier alpha value is -2.70. The van der Waals surface area contributed by atoms with Crippen molar-refractivity contribution < 1.29 is 14.7 Å². The molecule has 0 atom stereocenters. The Kier molecular flexibility index (Phi) is 3.05. The van der Waals surface area contributed by atoms with Gasteiger partial charge in [0.1, 0.15) is 11.4 Å². The van der Waals surface area contributed by atoms with Crippen molar-refractivity contribution in [3.05, 3.63) is 41.3 Å². The molecule has 2 aromatic rings. The Morgan fingerprint density at radius 2 is 2.17 bits per heavy atom. The van der Waals surface area contributed by atoms with Crippen LogP contribution in [0.3, 0.4) is 0 Å². The van der Waals surface area contributed by atoms with Gasteiger partial charge in [-0.2, -0.15) is 5.10 Å². The number of hydrogen-bond donors (Lipinski definition) is 3. The SMILES string of the molecule is Cc1[nH]ncc1C(=O)Nc1ncccc1C(=O)O. The molecule has 0 aliphatic carbocycles. The summed E-state index contributed by atoms with van der Waals surface area (Å²) in [6.45, 7) is 1.69. The zero-order valence-corrected chi connectivity index (χ0v) is 9.47. The monoisotopic (exact) mass is 246 g/mol. The summed E-state index contributed by atoms with van der Waals surface area (Å²) in [5.41, 5.74) is 0.879. The van der Waals surface area contributed by atoms with Gasteiger partial charge in [-0.05, 0) is 19.1 Å². The fraction of sp³-hybridized carbons (Fsp3) is 0.0909. The van der Waals surface area contributed by atoms with Crippen LogP contribution in [-0.2, 0) is 0 Å². The normalized spacial score (nSPS) is 10.1. The minimum absolute atomic E-state index is 0.00981. The van der Waals surface area contributed by atoms with E-state index in [4.69, 9.17) is 5.11 Å². The predicted molar refractivity (Wildman–Crippen MR) is 62.5 cm³/mol. The van der Waals surface area contributed by atoms with E-state index >= 15 is 0 Å². The molecule has 2 heterocycles. The van der Waals surface area contributed by atoms with Gasteiger partial charge in [-0.3, -0.25) is 9.89 Å². The number of carbonyl (C=O) groups excluding carboxylic acids is 1. The van der Waals surface area contributed by atoms with Crippen molar-refractivity contribution in [1.82, 2.24) is 15.2 Å². The number of H-pyrrole nitrogens is 1. The van der Waals surface area contributed by atoms with Gasteiger partial charge in [-0.1, -0.05) is 0 Å². The number of aryl methyl sites for hydroxylation is 1. The molecular weight excluding hydrogens is 236 g/mol. The molecule has 0 saturated heterocycles. The minimum Gasteiger partial charge on any atom is -0.478 e. The number of aromatic carboxylic acids is 1. The van der Waals surface area contributed by atoms with E-state index < -0.39 is 11.9 Å². The zero-order valence-electron chi connectivity index (χ0n) is 9.47. The third-order valence-electron chi connectivity index (χ3n) is 2.34. The lowest BCUT2D eigenvalue weighted by Gasteiger charge is -2.06. The first-order chi connectivity index (χ1) is 8.59. The van der Waals surface area contributed by atoms with Crippen LogP contribution in [0.25, 0.3) is 0 Å². The number of pyridine rings is 1. The maximum Gasteiger partial charge on any atom is 0.339 e. The van der Waals surface area contributed by atoms with E-state index in [1.165, 1.54) is 24.5 Å². The Balaban J connectivity index is 2.28. The molecule has 2 rings (SSSR count). The molecule has 0 radical (unpaired) electrons. The van der Waals surface area contributed by atoms with Crippen LogP contribution < -0.4 is 5.32 Å². The van der Waals surface area contributed by atoms with Crippen molar-refractivity contribution in [3.8, 4) is 0 Å². The summed E-state index contributed by atoms with van der Waals surface area (Å²) < 4.78 is 0. The highest BCUT2D eigenvalue weighted by atomic mass is 16.4. The second-order valence-electron chi connectivity index (χ2n) is 3.57. The Labute approximate surface area is 102 Å². The standard InChI is InChI=1S/C11H10N4O3/c1-6-8(5-13-15-6)10(16)14-9-7(11(17)18)3-2-4-12-9/h2-5H,1H3,(H,13,15)(H,17,18)(H,12,14,16). The maximum atomic E-state index is 11.9. The van der Waals surface area contributed by atoms with E-state index in [1.54, 1.807) is 6.92 Å². The van der Waals surface area contributed by atoms with Crippen LogP contribution in [0.5, 0.6) is 0 Å². The van der Waals surface area contributed by atoms with E-state index in [-0.39, 0.29) is 11.4 Å². The summed E-state index contributed by atoms with van der Waals surface area (Å²) in [5.74, 6) is -1.60. The van der Waals surface area contributed by atoms with E-state index in [9.17, 15) is 9.59 Å². The number of nitrogens with one attached hydrogen (secondary N) is 2. The highest BCUT2D eigenvalue weighted by Crippen LogP contribution is 2.13. The minimum atomic E-state index is -1.15. The van der Waals surface area contributed by atoms with Gasteiger partial charge in [0.15, 0.2) is 0 Å². The fourth-order valence-corrected chi connectivity index (χ4v) is 1.43. The Bertz CT molecular complexity index is 606. The first kappa shape index (κ1) is 11.8. The summed E-state index contributed by atoms with van der Waals surface area (Å²) in [7, 11) is 0. The van der Waals surface area contributed by atoms with Gasteiger partial charge < -0.3 is 10.4 Å². The van der Waals surface area contributed by atoms with Crippen LogP contribution in [0.4, 0.5) is 5.82 Å². The average molecular weight is 246 g/mol. The van der Waals surface area contributed by atoms with Crippen molar-refractivity contribution in [2.75, 3.05) is 5.32 Å². The van der Waals surface area contributed by atoms with Crippen LogP contribution in [-0.4, -0.2) is 32.2 Å². The van der Waals surface area contributed by atoms with Crippen molar-refractivity contribution in [1.29, 1.82) is 0 Å². The number of aromatic nitrogens is 3. The number of anilines is 1. The molecule has 3 N–H and O–H groups in total. The lowest BCUT2D eigenvalue weighted by atomic mass is 10.2. The number of carbonyl (C=O) groups is 2. The highest BCUT2D eigenvalue weighted by molar-refractivity contribution is 6.07. The number of carboxylic acids is 1. The second kappa shape index (κ2) is 4.66. The molecule has 18 heavy (non-hydrogen) atoms. The molecule has 0 fully saturated rings. The van der Waals surface area contributed by atoms with Gasteiger partial charge in [0.25, 0.3) is 5.91 Å². The van der Waals surface area contributed by atoms with Gasteiger partial charge in [0.05, 0.1) is 11.8 Å². The summed E-state index contributed by atoms with van der Waals surface area (Å²) in [5, 5.41) is 17.7. The molecule has 1 amide bonds. The molecule has 7 nitrogen and oxygen atoms in total. The number of hydrogen-bond acceptors (Lipinski definition) is 4. The van der Waals surface area contributed by atoms with Gasteiger partial charge in [0, 0.05) is 11.9 Å². The fourth-order valence-electron chi connectivity index (χ4n) is 1.43. The number of carboxylic acid groups (broad SMARTS) is 1. The largest absolute Gasteiger partial charge is 0.478 e. The lowest BCUT2D eigenvalue weighted by molar-refractivity contribution is 0.0697. The number of rotatable bonds is 3. The first-order valence-electron chi connectivity index (χ1n) is 5.09.